The first-order chi connectivity index (χ1) is 9.41. The molecule has 0 spiro atoms. The zero-order chi connectivity index (χ0) is 14.8. The normalized spacial score (nSPS) is 25.6. The van der Waals surface area contributed by atoms with E-state index in [1.807, 2.05) is 4.68 Å². The average Bonchev–Trinajstić information content (AvgIpc) is 2.73. The Labute approximate surface area is 122 Å². The molecule has 0 saturated carbocycles. The molecular weight excluding hydrogens is 250 g/mol. The third kappa shape index (κ3) is 3.58. The average molecular weight is 279 g/mol. The first-order valence-electron chi connectivity index (χ1n) is 7.76. The van der Waals surface area contributed by atoms with E-state index in [1.165, 1.54) is 6.42 Å². The van der Waals surface area contributed by atoms with E-state index in [2.05, 4.69) is 54.9 Å². The summed E-state index contributed by atoms with van der Waals surface area (Å²) in [6, 6.07) is 1.10. The molecule has 2 rings (SSSR count). The van der Waals surface area contributed by atoms with E-state index in [4.69, 9.17) is 0 Å². The van der Waals surface area contributed by atoms with Crippen LogP contribution >= 0.6 is 0 Å². The minimum absolute atomic E-state index is 0.279. The van der Waals surface area contributed by atoms with Crippen molar-refractivity contribution in [3.8, 4) is 0 Å². The van der Waals surface area contributed by atoms with Crippen molar-refractivity contribution in [2.24, 2.45) is 5.41 Å². The molecular formula is C15H29N5. The minimum Gasteiger partial charge on any atom is -0.312 e. The van der Waals surface area contributed by atoms with Crippen LogP contribution in [0.25, 0.3) is 0 Å². The summed E-state index contributed by atoms with van der Waals surface area (Å²) in [6.07, 6.45) is 2.85. The molecule has 0 aliphatic carbocycles. The molecule has 1 fully saturated rings. The van der Waals surface area contributed by atoms with Crippen LogP contribution in [0.4, 0.5) is 0 Å². The van der Waals surface area contributed by atoms with Crippen molar-refractivity contribution in [3.63, 3.8) is 0 Å². The third-order valence-corrected chi connectivity index (χ3v) is 4.38. The van der Waals surface area contributed by atoms with Crippen LogP contribution in [0.5, 0.6) is 0 Å². The predicted molar refractivity (Wildman–Crippen MR) is 81.4 cm³/mol. The highest BCUT2D eigenvalue weighted by atomic mass is 15.3. The Balaban J connectivity index is 2.11. The van der Waals surface area contributed by atoms with Crippen LogP contribution in [0.1, 0.15) is 46.9 Å². The quantitative estimate of drug-likeness (QED) is 0.918. The highest BCUT2D eigenvalue weighted by Gasteiger charge is 2.31. The van der Waals surface area contributed by atoms with E-state index in [1.54, 1.807) is 6.33 Å². The molecule has 1 aliphatic rings. The van der Waals surface area contributed by atoms with Gasteiger partial charge < -0.3 is 5.32 Å². The van der Waals surface area contributed by atoms with Crippen LogP contribution < -0.4 is 5.32 Å². The summed E-state index contributed by atoms with van der Waals surface area (Å²) in [4.78, 5) is 6.97. The van der Waals surface area contributed by atoms with Gasteiger partial charge in [-0.15, -0.1) is 0 Å². The molecule has 1 aromatic heterocycles. The predicted octanol–water partition coefficient (Wildman–Crippen LogP) is 1.90. The van der Waals surface area contributed by atoms with Gasteiger partial charge in [0.25, 0.3) is 0 Å². The van der Waals surface area contributed by atoms with Gasteiger partial charge in [0.15, 0.2) is 0 Å². The van der Waals surface area contributed by atoms with Gasteiger partial charge in [-0.2, -0.15) is 5.10 Å². The Morgan fingerprint density at radius 3 is 2.80 bits per heavy atom. The van der Waals surface area contributed by atoms with Crippen LogP contribution in [0.2, 0.25) is 0 Å². The summed E-state index contributed by atoms with van der Waals surface area (Å²) in [5.74, 6) is 1.08. The molecule has 2 atom stereocenters. The summed E-state index contributed by atoms with van der Waals surface area (Å²) in [6.45, 7) is 15.3. The summed E-state index contributed by atoms with van der Waals surface area (Å²) in [7, 11) is 0. The highest BCUT2D eigenvalue weighted by molar-refractivity contribution is 4.92. The summed E-state index contributed by atoms with van der Waals surface area (Å²) >= 11 is 0. The standard InChI is InChI=1S/C15H29N5/c1-6-20-14(17-11-18-20)10-19-9-13(15(3,4)5)16-8-7-12(19)2/h11-13,16H,6-10H2,1-5H3. The van der Waals surface area contributed by atoms with E-state index in [0.717, 1.165) is 32.0 Å². The number of hydrogen-bond acceptors (Lipinski definition) is 4. The van der Waals surface area contributed by atoms with Crippen molar-refractivity contribution in [3.05, 3.63) is 12.2 Å². The van der Waals surface area contributed by atoms with Crippen LogP contribution in [0, 0.1) is 5.41 Å². The van der Waals surface area contributed by atoms with Gasteiger partial charge in [-0.1, -0.05) is 20.8 Å². The molecule has 0 radical (unpaired) electrons. The zero-order valence-electron chi connectivity index (χ0n) is 13.6. The lowest BCUT2D eigenvalue weighted by atomic mass is 9.86. The topological polar surface area (TPSA) is 46.0 Å². The minimum atomic E-state index is 0.279. The number of nitrogens with zero attached hydrogens (tertiary/aromatic N) is 4. The molecule has 2 unspecified atom stereocenters. The van der Waals surface area contributed by atoms with Gasteiger partial charge in [-0.05, 0) is 32.2 Å². The van der Waals surface area contributed by atoms with E-state index in [0.29, 0.717) is 12.1 Å². The molecule has 2 heterocycles. The number of rotatable bonds is 3. The molecule has 0 aromatic carbocycles. The van der Waals surface area contributed by atoms with E-state index in [9.17, 15) is 0 Å². The third-order valence-electron chi connectivity index (χ3n) is 4.38. The van der Waals surface area contributed by atoms with Crippen LogP contribution in [0.15, 0.2) is 6.33 Å². The lowest BCUT2D eigenvalue weighted by molar-refractivity contribution is 0.152. The maximum atomic E-state index is 4.42. The second kappa shape index (κ2) is 6.22. The zero-order valence-corrected chi connectivity index (χ0v) is 13.6. The first-order valence-corrected chi connectivity index (χ1v) is 7.76. The van der Waals surface area contributed by atoms with E-state index in [-0.39, 0.29) is 5.41 Å². The summed E-state index contributed by atoms with van der Waals surface area (Å²) in [5.41, 5.74) is 0.279. The van der Waals surface area contributed by atoms with E-state index >= 15 is 0 Å². The lowest BCUT2D eigenvalue weighted by Crippen LogP contribution is -2.47. The number of aryl methyl sites for hydroxylation is 1. The van der Waals surface area contributed by atoms with Crippen LogP contribution in [-0.2, 0) is 13.1 Å². The summed E-state index contributed by atoms with van der Waals surface area (Å²) in [5, 5.41) is 7.99. The van der Waals surface area contributed by atoms with Crippen molar-refractivity contribution in [1.82, 2.24) is 25.0 Å². The van der Waals surface area contributed by atoms with Gasteiger partial charge in [-0.25, -0.2) is 9.67 Å². The smallest absolute Gasteiger partial charge is 0.141 e. The van der Waals surface area contributed by atoms with Gasteiger partial charge in [0.2, 0.25) is 0 Å². The molecule has 5 nitrogen and oxygen atoms in total. The van der Waals surface area contributed by atoms with Crippen LogP contribution in [0.3, 0.4) is 0 Å². The van der Waals surface area contributed by atoms with Crippen molar-refractivity contribution in [1.29, 1.82) is 0 Å². The maximum Gasteiger partial charge on any atom is 0.141 e. The maximum absolute atomic E-state index is 4.42. The Morgan fingerprint density at radius 2 is 2.15 bits per heavy atom. The van der Waals surface area contributed by atoms with Gasteiger partial charge in [-0.3, -0.25) is 4.90 Å². The Hall–Kier alpha value is -0.940. The molecule has 1 saturated heterocycles. The van der Waals surface area contributed by atoms with Crippen LogP contribution in [-0.4, -0.2) is 44.8 Å². The molecule has 5 heteroatoms. The molecule has 1 aliphatic heterocycles. The molecule has 0 bridgehead atoms. The number of aromatic nitrogens is 3. The van der Waals surface area contributed by atoms with Gasteiger partial charge in [0.05, 0.1) is 6.54 Å². The highest BCUT2D eigenvalue weighted by Crippen LogP contribution is 2.24. The van der Waals surface area contributed by atoms with Crippen molar-refractivity contribution >= 4 is 0 Å². The van der Waals surface area contributed by atoms with Gasteiger partial charge in [0.1, 0.15) is 12.2 Å². The van der Waals surface area contributed by atoms with Gasteiger partial charge in [0, 0.05) is 25.2 Å². The van der Waals surface area contributed by atoms with Crippen molar-refractivity contribution in [2.45, 2.75) is 66.2 Å². The summed E-state index contributed by atoms with van der Waals surface area (Å²) < 4.78 is 2.00. The second-order valence-corrected chi connectivity index (χ2v) is 6.93. The fourth-order valence-corrected chi connectivity index (χ4v) is 2.78. The SMILES string of the molecule is CCn1ncnc1CN1CC(C(C)(C)C)NCCC1C. The number of nitrogens with one attached hydrogen (secondary N) is 1. The van der Waals surface area contributed by atoms with Crippen molar-refractivity contribution < 1.29 is 0 Å². The van der Waals surface area contributed by atoms with Gasteiger partial charge >= 0.3 is 0 Å². The molecule has 0 amide bonds. The van der Waals surface area contributed by atoms with E-state index < -0.39 is 0 Å². The fraction of sp³-hybridized carbons (Fsp3) is 0.867. The van der Waals surface area contributed by atoms with Crippen molar-refractivity contribution in [2.75, 3.05) is 13.1 Å². The fourth-order valence-electron chi connectivity index (χ4n) is 2.78. The number of hydrogen-bond donors (Lipinski definition) is 1. The Morgan fingerprint density at radius 1 is 1.40 bits per heavy atom. The Bertz CT molecular complexity index is 420. The molecule has 20 heavy (non-hydrogen) atoms. The monoisotopic (exact) mass is 279 g/mol. The molecule has 1 aromatic rings. The molecule has 114 valence electrons. The second-order valence-electron chi connectivity index (χ2n) is 6.93. The first kappa shape index (κ1) is 15.4. The Kier molecular flexibility index (Phi) is 4.81. The lowest BCUT2D eigenvalue weighted by Gasteiger charge is -2.35. The largest absolute Gasteiger partial charge is 0.312 e. The molecule has 1 N–H and O–H groups in total.